The van der Waals surface area contributed by atoms with Crippen molar-refractivity contribution in [1.29, 1.82) is 0 Å². The Hall–Kier alpha value is -1.54. The summed E-state index contributed by atoms with van der Waals surface area (Å²) >= 11 is 0. The van der Waals surface area contributed by atoms with Gasteiger partial charge in [0.05, 0.1) is 6.04 Å². The average molecular weight is 365 g/mol. The third kappa shape index (κ3) is 8.93. The Bertz CT molecular complexity index is 414. The molecular weight excluding hydrogens is 336 g/mol. The quantitative estimate of drug-likeness (QED) is 0.384. The van der Waals surface area contributed by atoms with E-state index in [2.05, 4.69) is 21.3 Å². The minimum atomic E-state index is -1.06. The lowest BCUT2D eigenvalue weighted by atomic mass is 10.1. The standard InChI is InChI=1S/C15H28N4O4.ClH/c1-10(2)18-14(21)12(6-3-4-8-17-15(22)23)19-13(20)11-7-5-9-16-11;/h10-12,16-17H,3-9H2,1-2H3,(H,18,21)(H,19,20)(H,22,23);1H/t11-,12-;/m0./s1. The predicted molar refractivity (Wildman–Crippen MR) is 93.4 cm³/mol. The van der Waals surface area contributed by atoms with Crippen LogP contribution in [0.5, 0.6) is 0 Å². The lowest BCUT2D eigenvalue weighted by molar-refractivity contribution is -0.130. The third-order valence-electron chi connectivity index (χ3n) is 3.64. The van der Waals surface area contributed by atoms with Crippen molar-refractivity contribution in [3.05, 3.63) is 0 Å². The molecule has 0 aromatic heterocycles. The van der Waals surface area contributed by atoms with Crippen LogP contribution in [0.1, 0.15) is 46.0 Å². The first-order valence-corrected chi connectivity index (χ1v) is 8.21. The van der Waals surface area contributed by atoms with Crippen molar-refractivity contribution in [3.8, 4) is 0 Å². The first-order chi connectivity index (χ1) is 10.9. The summed E-state index contributed by atoms with van der Waals surface area (Å²) in [5, 5.41) is 19.5. The predicted octanol–water partition coefficient (Wildman–Crippen LogP) is 0.608. The van der Waals surface area contributed by atoms with Gasteiger partial charge in [-0.25, -0.2) is 4.79 Å². The number of carbonyl (C=O) groups is 3. The summed E-state index contributed by atoms with van der Waals surface area (Å²) in [6.45, 7) is 4.89. The summed E-state index contributed by atoms with van der Waals surface area (Å²) in [5.41, 5.74) is 0. The van der Waals surface area contributed by atoms with Crippen molar-refractivity contribution in [2.45, 2.75) is 64.1 Å². The van der Waals surface area contributed by atoms with Crippen molar-refractivity contribution in [2.24, 2.45) is 0 Å². The van der Waals surface area contributed by atoms with E-state index in [9.17, 15) is 14.4 Å². The zero-order chi connectivity index (χ0) is 17.2. The summed E-state index contributed by atoms with van der Waals surface area (Å²) in [4.78, 5) is 34.8. The first-order valence-electron chi connectivity index (χ1n) is 8.21. The van der Waals surface area contributed by atoms with E-state index >= 15 is 0 Å². The summed E-state index contributed by atoms with van der Waals surface area (Å²) in [6, 6.07) is -0.810. The van der Waals surface area contributed by atoms with Gasteiger partial charge in [0.2, 0.25) is 11.8 Å². The van der Waals surface area contributed by atoms with Gasteiger partial charge in [0, 0.05) is 12.6 Å². The lowest BCUT2D eigenvalue weighted by Crippen LogP contribution is -2.52. The van der Waals surface area contributed by atoms with Crippen LogP contribution in [-0.2, 0) is 9.59 Å². The van der Waals surface area contributed by atoms with Crippen LogP contribution in [0.3, 0.4) is 0 Å². The maximum atomic E-state index is 12.2. The topological polar surface area (TPSA) is 120 Å². The molecule has 0 spiro atoms. The number of hydrogen-bond donors (Lipinski definition) is 5. The van der Waals surface area contributed by atoms with Crippen LogP contribution < -0.4 is 21.3 Å². The van der Waals surface area contributed by atoms with Gasteiger partial charge in [-0.15, -0.1) is 12.4 Å². The van der Waals surface area contributed by atoms with Crippen LogP contribution in [0.4, 0.5) is 4.79 Å². The zero-order valence-electron chi connectivity index (χ0n) is 14.3. The van der Waals surface area contributed by atoms with Crippen LogP contribution in [0, 0.1) is 0 Å². The summed E-state index contributed by atoms with van der Waals surface area (Å²) in [5.74, 6) is -0.340. The van der Waals surface area contributed by atoms with Crippen molar-refractivity contribution < 1.29 is 19.5 Å². The molecule has 1 fully saturated rings. The molecule has 0 aliphatic carbocycles. The molecule has 1 aliphatic rings. The van der Waals surface area contributed by atoms with Gasteiger partial charge < -0.3 is 26.4 Å². The van der Waals surface area contributed by atoms with Gasteiger partial charge in [0.25, 0.3) is 0 Å². The highest BCUT2D eigenvalue weighted by atomic mass is 35.5. The van der Waals surface area contributed by atoms with Crippen LogP contribution in [0.15, 0.2) is 0 Å². The second kappa shape index (κ2) is 11.9. The van der Waals surface area contributed by atoms with Crippen molar-refractivity contribution in [1.82, 2.24) is 21.3 Å². The van der Waals surface area contributed by atoms with Crippen molar-refractivity contribution in [2.75, 3.05) is 13.1 Å². The number of carboxylic acid groups (broad SMARTS) is 1. The third-order valence-corrected chi connectivity index (χ3v) is 3.64. The highest BCUT2D eigenvalue weighted by Gasteiger charge is 2.27. The van der Waals surface area contributed by atoms with Gasteiger partial charge in [-0.05, 0) is 52.5 Å². The molecule has 5 N–H and O–H groups in total. The summed E-state index contributed by atoms with van der Waals surface area (Å²) in [7, 11) is 0. The Morgan fingerprint density at radius 3 is 2.46 bits per heavy atom. The van der Waals surface area contributed by atoms with E-state index in [4.69, 9.17) is 5.11 Å². The van der Waals surface area contributed by atoms with E-state index in [1.165, 1.54) is 0 Å². The van der Waals surface area contributed by atoms with Crippen LogP contribution in [0.25, 0.3) is 0 Å². The summed E-state index contributed by atoms with van der Waals surface area (Å²) in [6.07, 6.45) is 2.44. The second-order valence-corrected chi connectivity index (χ2v) is 6.10. The molecule has 8 nitrogen and oxygen atoms in total. The van der Waals surface area contributed by atoms with Crippen molar-refractivity contribution >= 4 is 30.3 Å². The van der Waals surface area contributed by atoms with Crippen molar-refractivity contribution in [3.63, 3.8) is 0 Å². The molecule has 1 saturated heterocycles. The summed E-state index contributed by atoms with van der Waals surface area (Å²) < 4.78 is 0. The number of unbranched alkanes of at least 4 members (excludes halogenated alkanes) is 1. The normalized spacial score (nSPS) is 17.7. The number of halogens is 1. The second-order valence-electron chi connectivity index (χ2n) is 6.10. The SMILES string of the molecule is CC(C)NC(=O)[C@H](CCCCNC(=O)O)NC(=O)[C@@H]1CCCN1.Cl. The monoisotopic (exact) mass is 364 g/mol. The number of hydrogen-bond acceptors (Lipinski definition) is 4. The van der Waals surface area contributed by atoms with Crippen LogP contribution in [-0.4, -0.2) is 54.2 Å². The molecule has 24 heavy (non-hydrogen) atoms. The molecule has 1 rings (SSSR count). The molecule has 0 saturated carbocycles. The number of nitrogens with one attached hydrogen (secondary N) is 4. The van der Waals surface area contributed by atoms with Gasteiger partial charge in [-0.2, -0.15) is 0 Å². The molecule has 2 atom stereocenters. The molecule has 1 heterocycles. The largest absolute Gasteiger partial charge is 0.465 e. The lowest BCUT2D eigenvalue weighted by Gasteiger charge is -2.21. The molecule has 0 bridgehead atoms. The fourth-order valence-electron chi connectivity index (χ4n) is 2.50. The smallest absolute Gasteiger partial charge is 0.404 e. The first kappa shape index (κ1) is 22.5. The highest BCUT2D eigenvalue weighted by molar-refractivity contribution is 5.90. The minimum absolute atomic E-state index is 0. The van der Waals surface area contributed by atoms with Gasteiger partial charge in [-0.3, -0.25) is 9.59 Å². The Balaban J connectivity index is 0.00000529. The maximum Gasteiger partial charge on any atom is 0.404 e. The Kier molecular flexibility index (Phi) is 11.1. The van der Waals surface area contributed by atoms with Crippen LogP contribution in [0.2, 0.25) is 0 Å². The Morgan fingerprint density at radius 2 is 1.92 bits per heavy atom. The molecular formula is C15H29ClN4O4. The van der Waals surface area contributed by atoms with Gasteiger partial charge in [-0.1, -0.05) is 0 Å². The number of carbonyl (C=O) groups excluding carboxylic acids is 2. The van der Waals surface area contributed by atoms with Gasteiger partial charge in [0.15, 0.2) is 0 Å². The van der Waals surface area contributed by atoms with E-state index in [0.717, 1.165) is 19.4 Å². The number of amides is 3. The van der Waals surface area contributed by atoms with E-state index in [1.807, 2.05) is 13.8 Å². The van der Waals surface area contributed by atoms with Gasteiger partial charge >= 0.3 is 6.09 Å². The molecule has 0 radical (unpaired) electrons. The van der Waals surface area contributed by atoms with Crippen LogP contribution >= 0.6 is 12.4 Å². The molecule has 3 amide bonds. The molecule has 0 aromatic rings. The molecule has 9 heteroatoms. The van der Waals surface area contributed by atoms with E-state index < -0.39 is 12.1 Å². The maximum absolute atomic E-state index is 12.2. The fourth-order valence-corrected chi connectivity index (χ4v) is 2.50. The van der Waals surface area contributed by atoms with E-state index in [0.29, 0.717) is 25.8 Å². The van der Waals surface area contributed by atoms with E-state index in [-0.39, 0.29) is 36.3 Å². The molecule has 140 valence electrons. The molecule has 0 aromatic carbocycles. The zero-order valence-corrected chi connectivity index (χ0v) is 15.1. The molecule has 0 unspecified atom stereocenters. The highest BCUT2D eigenvalue weighted by Crippen LogP contribution is 2.07. The van der Waals surface area contributed by atoms with Gasteiger partial charge in [0.1, 0.15) is 6.04 Å². The Morgan fingerprint density at radius 1 is 1.21 bits per heavy atom. The average Bonchev–Trinajstić information content (AvgIpc) is 2.98. The fraction of sp³-hybridized carbons (Fsp3) is 0.800. The molecule has 1 aliphatic heterocycles. The minimum Gasteiger partial charge on any atom is -0.465 e. The Labute approximate surface area is 148 Å². The number of rotatable bonds is 9. The van der Waals surface area contributed by atoms with E-state index in [1.54, 1.807) is 0 Å².